The fourth-order valence-electron chi connectivity index (χ4n) is 1.60. The molecule has 0 aromatic heterocycles. The minimum atomic E-state index is 0.324. The average molecular weight is 225 g/mol. The second kappa shape index (κ2) is 6.75. The third kappa shape index (κ3) is 5.09. The molecule has 3 heteroatoms. The molecule has 0 bridgehead atoms. The predicted octanol–water partition coefficient (Wildman–Crippen LogP) is 3.37. The van der Waals surface area contributed by atoms with E-state index in [9.17, 15) is 0 Å². The molecule has 0 aliphatic rings. The van der Waals surface area contributed by atoms with E-state index in [1.807, 2.05) is 18.2 Å². The molecular weight excluding hydrogens is 206 g/mol. The molecule has 0 aliphatic heterocycles. The van der Waals surface area contributed by atoms with E-state index in [0.717, 1.165) is 12.1 Å². The Labute approximate surface area is 97.6 Å². The van der Waals surface area contributed by atoms with Crippen LogP contribution in [-0.4, -0.2) is 12.6 Å². The summed E-state index contributed by atoms with van der Waals surface area (Å²) in [7, 11) is 0. The lowest BCUT2D eigenvalue weighted by atomic mass is 10.0. The van der Waals surface area contributed by atoms with Gasteiger partial charge in [-0.05, 0) is 37.4 Å². The molecule has 0 saturated carbocycles. The van der Waals surface area contributed by atoms with Gasteiger partial charge in [0.15, 0.2) is 0 Å². The van der Waals surface area contributed by atoms with Crippen LogP contribution in [0.4, 0.5) is 5.69 Å². The SMILES string of the molecule is CC(C)CC(COS)Nc1ccccc1. The normalized spacial score (nSPS) is 12.8. The van der Waals surface area contributed by atoms with Crippen LogP contribution < -0.4 is 5.32 Å². The van der Waals surface area contributed by atoms with Gasteiger partial charge in [0.2, 0.25) is 0 Å². The highest BCUT2D eigenvalue weighted by molar-refractivity contribution is 7.75. The minimum Gasteiger partial charge on any atom is -0.380 e. The smallest absolute Gasteiger partial charge is 0.0812 e. The summed E-state index contributed by atoms with van der Waals surface area (Å²) in [4.78, 5) is 0. The highest BCUT2D eigenvalue weighted by Crippen LogP contribution is 2.13. The maximum absolute atomic E-state index is 4.91. The topological polar surface area (TPSA) is 21.3 Å². The van der Waals surface area contributed by atoms with Crippen LogP contribution in [0.25, 0.3) is 0 Å². The standard InChI is InChI=1S/C12H19NOS/c1-10(2)8-12(9-14-15)13-11-6-4-3-5-7-11/h3-7,10,12-13,15H,8-9H2,1-2H3. The zero-order valence-electron chi connectivity index (χ0n) is 9.31. The lowest BCUT2D eigenvalue weighted by molar-refractivity contribution is 0.328. The van der Waals surface area contributed by atoms with Gasteiger partial charge < -0.3 is 9.50 Å². The summed E-state index contributed by atoms with van der Waals surface area (Å²) >= 11 is 3.81. The molecule has 1 rings (SSSR count). The molecule has 1 atom stereocenters. The van der Waals surface area contributed by atoms with Crippen LogP contribution in [0.1, 0.15) is 20.3 Å². The largest absolute Gasteiger partial charge is 0.380 e. The first kappa shape index (κ1) is 12.4. The molecule has 0 aliphatic carbocycles. The molecule has 0 radical (unpaired) electrons. The zero-order chi connectivity index (χ0) is 11.1. The summed E-state index contributed by atoms with van der Waals surface area (Å²) in [5.41, 5.74) is 1.13. The van der Waals surface area contributed by atoms with Gasteiger partial charge in [-0.25, -0.2) is 0 Å². The Bertz CT molecular complexity index is 264. The third-order valence-electron chi connectivity index (χ3n) is 2.18. The third-order valence-corrected chi connectivity index (χ3v) is 2.33. The Hall–Kier alpha value is -0.670. The second-order valence-corrected chi connectivity index (χ2v) is 4.39. The van der Waals surface area contributed by atoms with Gasteiger partial charge in [0, 0.05) is 5.69 Å². The Balaban J connectivity index is 2.50. The highest BCUT2D eigenvalue weighted by atomic mass is 32.1. The summed E-state index contributed by atoms with van der Waals surface area (Å²) in [6.07, 6.45) is 1.08. The fourth-order valence-corrected chi connectivity index (χ4v) is 1.78. The quantitative estimate of drug-likeness (QED) is 0.572. The predicted molar refractivity (Wildman–Crippen MR) is 68.2 cm³/mol. The van der Waals surface area contributed by atoms with Gasteiger partial charge in [-0.3, -0.25) is 0 Å². The van der Waals surface area contributed by atoms with E-state index in [2.05, 4.69) is 44.2 Å². The van der Waals surface area contributed by atoms with Crippen molar-refractivity contribution < 1.29 is 4.18 Å². The molecule has 1 aromatic carbocycles. The van der Waals surface area contributed by atoms with Crippen molar-refractivity contribution in [1.82, 2.24) is 0 Å². The Morgan fingerprint density at radius 3 is 2.47 bits per heavy atom. The molecule has 0 spiro atoms. The van der Waals surface area contributed by atoms with Gasteiger partial charge in [-0.2, -0.15) is 0 Å². The van der Waals surface area contributed by atoms with Gasteiger partial charge in [0.05, 0.1) is 12.6 Å². The number of para-hydroxylation sites is 1. The number of anilines is 1. The number of rotatable bonds is 6. The van der Waals surface area contributed by atoms with Crippen molar-refractivity contribution in [2.75, 3.05) is 11.9 Å². The van der Waals surface area contributed by atoms with Crippen molar-refractivity contribution in [1.29, 1.82) is 0 Å². The summed E-state index contributed by atoms with van der Waals surface area (Å²) in [6, 6.07) is 10.5. The van der Waals surface area contributed by atoms with Gasteiger partial charge in [-0.15, -0.1) is 0 Å². The average Bonchev–Trinajstić information content (AvgIpc) is 2.18. The van der Waals surface area contributed by atoms with Gasteiger partial charge in [-0.1, -0.05) is 32.0 Å². The monoisotopic (exact) mass is 225 g/mol. The number of nitrogens with one attached hydrogen (secondary N) is 1. The molecule has 0 saturated heterocycles. The zero-order valence-corrected chi connectivity index (χ0v) is 10.2. The second-order valence-electron chi connectivity index (χ2n) is 4.13. The molecule has 15 heavy (non-hydrogen) atoms. The molecule has 1 N–H and O–H groups in total. The molecule has 0 fully saturated rings. The maximum atomic E-state index is 4.91. The van der Waals surface area contributed by atoms with Gasteiger partial charge >= 0.3 is 0 Å². The maximum Gasteiger partial charge on any atom is 0.0812 e. The van der Waals surface area contributed by atoms with E-state index in [0.29, 0.717) is 18.6 Å². The number of hydrogen-bond donors (Lipinski definition) is 2. The van der Waals surface area contributed by atoms with E-state index in [-0.39, 0.29) is 0 Å². The molecule has 1 aromatic rings. The van der Waals surface area contributed by atoms with Crippen molar-refractivity contribution in [3.8, 4) is 0 Å². The molecule has 1 unspecified atom stereocenters. The van der Waals surface area contributed by atoms with Crippen molar-refractivity contribution in [3.05, 3.63) is 30.3 Å². The Kier molecular flexibility index (Phi) is 5.58. The summed E-state index contributed by atoms with van der Waals surface area (Å²) < 4.78 is 4.91. The fraction of sp³-hybridized carbons (Fsp3) is 0.500. The van der Waals surface area contributed by atoms with Crippen LogP contribution >= 0.6 is 12.9 Å². The molecule has 0 heterocycles. The minimum absolute atomic E-state index is 0.324. The first-order valence-electron chi connectivity index (χ1n) is 5.30. The molecule has 2 nitrogen and oxygen atoms in total. The highest BCUT2D eigenvalue weighted by Gasteiger charge is 2.10. The lowest BCUT2D eigenvalue weighted by Gasteiger charge is -2.20. The van der Waals surface area contributed by atoms with Crippen LogP contribution in [0.2, 0.25) is 0 Å². The van der Waals surface area contributed by atoms with Gasteiger partial charge in [0.25, 0.3) is 0 Å². The van der Waals surface area contributed by atoms with Gasteiger partial charge in [0.1, 0.15) is 0 Å². The lowest BCUT2D eigenvalue weighted by Crippen LogP contribution is -2.25. The van der Waals surface area contributed by atoms with E-state index in [4.69, 9.17) is 4.18 Å². The van der Waals surface area contributed by atoms with Crippen LogP contribution in [-0.2, 0) is 4.18 Å². The van der Waals surface area contributed by atoms with E-state index in [1.165, 1.54) is 0 Å². The number of hydrogen-bond acceptors (Lipinski definition) is 3. The molecular formula is C12H19NOS. The molecule has 0 amide bonds. The summed E-state index contributed by atoms with van der Waals surface area (Å²) in [5, 5.41) is 3.44. The van der Waals surface area contributed by atoms with Crippen LogP contribution in [0, 0.1) is 5.92 Å². The number of benzene rings is 1. The van der Waals surface area contributed by atoms with Crippen molar-refractivity contribution in [2.24, 2.45) is 5.92 Å². The first-order valence-corrected chi connectivity index (χ1v) is 5.67. The summed E-state index contributed by atoms with van der Waals surface area (Å²) in [6.45, 7) is 5.03. The van der Waals surface area contributed by atoms with Crippen molar-refractivity contribution in [2.45, 2.75) is 26.3 Å². The van der Waals surface area contributed by atoms with E-state index < -0.39 is 0 Å². The Morgan fingerprint density at radius 1 is 1.27 bits per heavy atom. The van der Waals surface area contributed by atoms with E-state index in [1.54, 1.807) is 0 Å². The van der Waals surface area contributed by atoms with E-state index >= 15 is 0 Å². The van der Waals surface area contributed by atoms with Crippen LogP contribution in [0.5, 0.6) is 0 Å². The van der Waals surface area contributed by atoms with Crippen molar-refractivity contribution >= 4 is 18.6 Å². The summed E-state index contributed by atoms with van der Waals surface area (Å²) in [5.74, 6) is 0.648. The number of thiol groups is 1. The van der Waals surface area contributed by atoms with Crippen molar-refractivity contribution in [3.63, 3.8) is 0 Å². The first-order chi connectivity index (χ1) is 7.22. The van der Waals surface area contributed by atoms with Crippen LogP contribution in [0.15, 0.2) is 30.3 Å². The van der Waals surface area contributed by atoms with Crippen LogP contribution in [0.3, 0.4) is 0 Å². The molecule has 84 valence electrons. The Morgan fingerprint density at radius 2 is 1.93 bits per heavy atom.